The van der Waals surface area contributed by atoms with Gasteiger partial charge in [-0.1, -0.05) is 30.3 Å². The number of rotatable bonds is 1. The molecule has 68 valence electrons. The molecule has 14 heavy (non-hydrogen) atoms. The summed E-state index contributed by atoms with van der Waals surface area (Å²) < 4.78 is 6.59. The molecule has 2 heterocycles. The van der Waals surface area contributed by atoms with Gasteiger partial charge in [0.05, 0.1) is 4.47 Å². The smallest absolute Gasteiger partial charge is 0.149 e. The molecule has 0 atom stereocenters. The van der Waals surface area contributed by atoms with Crippen molar-refractivity contribution < 1.29 is 4.42 Å². The highest BCUT2D eigenvalue weighted by atomic mass is 79.9. The Kier molecular flexibility index (Phi) is 1.64. The first-order valence-electron chi connectivity index (χ1n) is 4.41. The average molecular weight is 247 g/mol. The third-order valence-corrected chi connectivity index (χ3v) is 2.91. The molecule has 3 rings (SSSR count). The zero-order valence-electron chi connectivity index (χ0n) is 7.33. The van der Waals surface area contributed by atoms with E-state index in [1.165, 1.54) is 5.56 Å². The predicted molar refractivity (Wildman–Crippen MR) is 60.5 cm³/mol. The monoisotopic (exact) mass is 246 g/mol. The first-order valence-corrected chi connectivity index (χ1v) is 5.21. The number of furan rings is 2. The van der Waals surface area contributed by atoms with Crippen LogP contribution in [0.25, 0.3) is 22.3 Å². The summed E-state index contributed by atoms with van der Waals surface area (Å²) in [5.74, 6) is 0. The lowest BCUT2D eigenvalue weighted by Gasteiger charge is -1.97. The van der Waals surface area contributed by atoms with Gasteiger partial charge < -0.3 is 4.42 Å². The Labute approximate surface area is 89.8 Å². The summed E-state index contributed by atoms with van der Waals surface area (Å²) in [5.41, 5.74) is 4.22. The van der Waals surface area contributed by atoms with Gasteiger partial charge in [0.25, 0.3) is 0 Å². The van der Waals surface area contributed by atoms with Crippen molar-refractivity contribution >= 4 is 27.1 Å². The zero-order chi connectivity index (χ0) is 9.54. The second-order valence-electron chi connectivity index (χ2n) is 3.25. The summed E-state index contributed by atoms with van der Waals surface area (Å²) >= 11 is 3.47. The van der Waals surface area contributed by atoms with E-state index in [0.717, 1.165) is 21.2 Å². The second kappa shape index (κ2) is 2.85. The number of fused-ring (bicyclic) bond motifs is 2. The fourth-order valence-corrected chi connectivity index (χ4v) is 2.20. The first kappa shape index (κ1) is 8.06. The van der Waals surface area contributed by atoms with E-state index >= 15 is 0 Å². The van der Waals surface area contributed by atoms with Gasteiger partial charge in [-0.2, -0.15) is 0 Å². The van der Waals surface area contributed by atoms with Crippen molar-refractivity contribution in [2.45, 2.75) is 0 Å². The normalized spacial score (nSPS) is 11.2. The fraction of sp³-hybridized carbons (Fsp3) is 0. The summed E-state index contributed by atoms with van der Waals surface area (Å²) in [6.07, 6.45) is 0. The maximum absolute atomic E-state index is 5.55. The van der Waals surface area contributed by atoms with Crippen LogP contribution >= 0.6 is 15.9 Å². The molecule has 0 amide bonds. The van der Waals surface area contributed by atoms with Gasteiger partial charge in [0.2, 0.25) is 0 Å². The van der Waals surface area contributed by atoms with Gasteiger partial charge in [-0.15, -0.1) is 0 Å². The minimum absolute atomic E-state index is 0.922. The Hall–Kier alpha value is -1.28. The molecule has 0 saturated heterocycles. The molecule has 0 N–H and O–H groups in total. The summed E-state index contributed by atoms with van der Waals surface area (Å²) in [7, 11) is 0. The molecule has 2 bridgehead atoms. The van der Waals surface area contributed by atoms with Gasteiger partial charge in [0.1, 0.15) is 11.2 Å². The third kappa shape index (κ3) is 1.07. The van der Waals surface area contributed by atoms with E-state index < -0.39 is 0 Å². The van der Waals surface area contributed by atoms with Crippen molar-refractivity contribution in [2.75, 3.05) is 0 Å². The van der Waals surface area contributed by atoms with E-state index in [1.807, 2.05) is 24.3 Å². The molecular weight excluding hydrogens is 240 g/mol. The molecule has 0 aliphatic rings. The van der Waals surface area contributed by atoms with Gasteiger partial charge in [0, 0.05) is 5.56 Å². The molecule has 0 saturated carbocycles. The van der Waals surface area contributed by atoms with Crippen molar-refractivity contribution in [2.24, 2.45) is 0 Å². The van der Waals surface area contributed by atoms with Crippen LogP contribution in [0.2, 0.25) is 0 Å². The van der Waals surface area contributed by atoms with Crippen LogP contribution < -0.4 is 0 Å². The van der Waals surface area contributed by atoms with Crippen LogP contribution in [0, 0.1) is 0 Å². The molecule has 0 fully saturated rings. The topological polar surface area (TPSA) is 13.1 Å². The second-order valence-corrected chi connectivity index (χ2v) is 4.10. The fourth-order valence-electron chi connectivity index (χ4n) is 1.68. The molecule has 0 spiro atoms. The standard InChI is InChI=1S/C12H7BrO/c13-11-7-9-6-10(12(11)14-9)8-4-2-1-3-5-8/h1-7H. The lowest BCUT2D eigenvalue weighted by atomic mass is 10.1. The maximum Gasteiger partial charge on any atom is 0.149 e. The molecule has 2 aromatic heterocycles. The van der Waals surface area contributed by atoms with E-state index in [0.29, 0.717) is 0 Å². The maximum atomic E-state index is 5.55. The molecule has 0 unspecified atom stereocenters. The lowest BCUT2D eigenvalue weighted by molar-refractivity contribution is 0.675. The molecule has 0 radical (unpaired) electrons. The van der Waals surface area contributed by atoms with Crippen LogP contribution in [0.3, 0.4) is 0 Å². The van der Waals surface area contributed by atoms with Crippen LogP contribution in [0.1, 0.15) is 0 Å². The van der Waals surface area contributed by atoms with Crippen LogP contribution in [-0.4, -0.2) is 0 Å². The molecule has 2 heteroatoms. The lowest BCUT2D eigenvalue weighted by Crippen LogP contribution is -1.74. The number of halogens is 1. The van der Waals surface area contributed by atoms with Crippen LogP contribution in [0.5, 0.6) is 0 Å². The highest BCUT2D eigenvalue weighted by Crippen LogP contribution is 2.37. The number of hydrogen-bond donors (Lipinski definition) is 0. The molecular formula is C12H7BrO. The highest BCUT2D eigenvalue weighted by molar-refractivity contribution is 9.10. The van der Waals surface area contributed by atoms with Crippen molar-refractivity contribution in [3.63, 3.8) is 0 Å². The zero-order valence-corrected chi connectivity index (χ0v) is 8.91. The highest BCUT2D eigenvalue weighted by Gasteiger charge is 2.12. The molecule has 3 aromatic rings. The van der Waals surface area contributed by atoms with E-state index in [-0.39, 0.29) is 0 Å². The summed E-state index contributed by atoms with van der Waals surface area (Å²) in [6.45, 7) is 0. The van der Waals surface area contributed by atoms with Gasteiger partial charge in [-0.25, -0.2) is 0 Å². The molecule has 0 aliphatic heterocycles. The minimum atomic E-state index is 0.922. The van der Waals surface area contributed by atoms with Gasteiger partial charge in [-0.05, 0) is 33.6 Å². The number of benzene rings is 2. The Morgan fingerprint density at radius 1 is 1.00 bits per heavy atom. The molecule has 0 aliphatic carbocycles. The van der Waals surface area contributed by atoms with Crippen molar-refractivity contribution in [3.8, 4) is 11.1 Å². The van der Waals surface area contributed by atoms with Crippen molar-refractivity contribution in [3.05, 3.63) is 46.9 Å². The van der Waals surface area contributed by atoms with Crippen LogP contribution in [-0.2, 0) is 0 Å². The Morgan fingerprint density at radius 3 is 2.43 bits per heavy atom. The predicted octanol–water partition coefficient (Wildman–Crippen LogP) is 4.30. The van der Waals surface area contributed by atoms with Crippen LogP contribution in [0.15, 0.2) is 51.4 Å². The minimum Gasteiger partial charge on any atom is -0.455 e. The average Bonchev–Trinajstić information content (AvgIpc) is 2.77. The van der Waals surface area contributed by atoms with Crippen molar-refractivity contribution in [1.29, 1.82) is 0 Å². The van der Waals surface area contributed by atoms with E-state index in [9.17, 15) is 0 Å². The van der Waals surface area contributed by atoms with Gasteiger partial charge >= 0.3 is 0 Å². The van der Waals surface area contributed by atoms with Gasteiger partial charge in [0.15, 0.2) is 0 Å². The largest absolute Gasteiger partial charge is 0.455 e. The van der Waals surface area contributed by atoms with Crippen LogP contribution in [0.4, 0.5) is 0 Å². The van der Waals surface area contributed by atoms with E-state index in [4.69, 9.17) is 4.42 Å². The van der Waals surface area contributed by atoms with Crippen molar-refractivity contribution in [1.82, 2.24) is 0 Å². The molecule has 1 aromatic carbocycles. The number of hydrogen-bond acceptors (Lipinski definition) is 1. The Balaban J connectivity index is 2.27. The summed E-state index contributed by atoms with van der Waals surface area (Å²) in [4.78, 5) is 0. The van der Waals surface area contributed by atoms with Gasteiger partial charge in [-0.3, -0.25) is 0 Å². The summed E-state index contributed by atoms with van der Waals surface area (Å²) in [5, 5.41) is 0. The quantitative estimate of drug-likeness (QED) is 0.624. The van der Waals surface area contributed by atoms with E-state index in [1.54, 1.807) is 0 Å². The summed E-state index contributed by atoms with van der Waals surface area (Å²) in [6, 6.07) is 14.3. The van der Waals surface area contributed by atoms with E-state index in [2.05, 4.69) is 34.1 Å². The Bertz CT molecular complexity index is 553. The molecule has 1 nitrogen and oxygen atoms in total. The SMILES string of the molecule is Brc1cc2cc(-c3ccccc3)c1o2. The third-order valence-electron chi connectivity index (χ3n) is 2.32. The first-order chi connectivity index (χ1) is 6.84. The Morgan fingerprint density at radius 2 is 1.79 bits per heavy atom.